The Hall–Kier alpha value is -2.53. The van der Waals surface area contributed by atoms with Crippen molar-refractivity contribution in [2.45, 2.75) is 13.0 Å². The number of nitrogens with one attached hydrogen (secondary N) is 2. The molecular weight excluding hydrogens is 320 g/mol. The van der Waals surface area contributed by atoms with Gasteiger partial charge in [0.25, 0.3) is 0 Å². The molecule has 126 valence electrons. The van der Waals surface area contributed by atoms with Crippen LogP contribution in [0.2, 0.25) is 0 Å². The highest BCUT2D eigenvalue weighted by molar-refractivity contribution is 7.80. The van der Waals surface area contributed by atoms with Crippen LogP contribution in [0.1, 0.15) is 18.5 Å². The molecule has 0 unspecified atom stereocenters. The van der Waals surface area contributed by atoms with E-state index in [-0.39, 0.29) is 6.04 Å². The largest absolute Gasteiger partial charge is 0.497 e. The SMILES string of the molecule is C=CCOc1ccc(NC(=S)N[C@H](C)c2ccc(OC)cc2)cc1. The van der Waals surface area contributed by atoms with Crippen LogP contribution in [-0.2, 0) is 0 Å². The molecule has 0 aromatic heterocycles. The molecule has 5 heteroatoms. The summed E-state index contributed by atoms with van der Waals surface area (Å²) in [7, 11) is 1.66. The van der Waals surface area contributed by atoms with Crippen molar-refractivity contribution < 1.29 is 9.47 Å². The average molecular weight is 342 g/mol. The maximum absolute atomic E-state index is 5.45. The van der Waals surface area contributed by atoms with Gasteiger partial charge in [0.15, 0.2) is 5.11 Å². The van der Waals surface area contributed by atoms with Crippen LogP contribution in [0.15, 0.2) is 61.2 Å². The summed E-state index contributed by atoms with van der Waals surface area (Å²) < 4.78 is 10.6. The van der Waals surface area contributed by atoms with Crippen molar-refractivity contribution in [2.75, 3.05) is 19.0 Å². The molecule has 2 aromatic carbocycles. The molecule has 1 atom stereocenters. The van der Waals surface area contributed by atoms with Crippen molar-refractivity contribution in [1.29, 1.82) is 0 Å². The lowest BCUT2D eigenvalue weighted by Crippen LogP contribution is -2.30. The van der Waals surface area contributed by atoms with Crippen molar-refractivity contribution in [1.82, 2.24) is 5.32 Å². The zero-order valence-electron chi connectivity index (χ0n) is 13.9. The number of hydrogen-bond acceptors (Lipinski definition) is 3. The van der Waals surface area contributed by atoms with Crippen molar-refractivity contribution in [3.8, 4) is 11.5 Å². The van der Waals surface area contributed by atoms with E-state index in [0.29, 0.717) is 11.7 Å². The third kappa shape index (κ3) is 5.28. The third-order valence-electron chi connectivity index (χ3n) is 3.44. The normalized spacial score (nSPS) is 11.2. The van der Waals surface area contributed by atoms with Gasteiger partial charge in [-0.1, -0.05) is 24.8 Å². The van der Waals surface area contributed by atoms with Crippen LogP contribution in [0.5, 0.6) is 11.5 Å². The van der Waals surface area contributed by atoms with Crippen LogP contribution in [-0.4, -0.2) is 18.8 Å². The highest BCUT2D eigenvalue weighted by atomic mass is 32.1. The number of methoxy groups -OCH3 is 1. The second-order valence-corrected chi connectivity index (χ2v) is 5.63. The average Bonchev–Trinajstić information content (AvgIpc) is 2.61. The summed E-state index contributed by atoms with van der Waals surface area (Å²) >= 11 is 5.37. The van der Waals surface area contributed by atoms with E-state index in [2.05, 4.69) is 24.1 Å². The van der Waals surface area contributed by atoms with Crippen molar-refractivity contribution in [2.24, 2.45) is 0 Å². The summed E-state index contributed by atoms with van der Waals surface area (Å²) in [5.74, 6) is 1.64. The molecule has 0 spiro atoms. The molecule has 0 aliphatic heterocycles. The molecule has 0 aliphatic carbocycles. The minimum Gasteiger partial charge on any atom is -0.497 e. The number of ether oxygens (including phenoxy) is 2. The van der Waals surface area contributed by atoms with Gasteiger partial charge in [-0.25, -0.2) is 0 Å². The lowest BCUT2D eigenvalue weighted by atomic mass is 10.1. The summed E-state index contributed by atoms with van der Waals surface area (Å²) in [4.78, 5) is 0. The van der Waals surface area contributed by atoms with Gasteiger partial charge in [0.2, 0.25) is 0 Å². The van der Waals surface area contributed by atoms with Gasteiger partial charge in [0, 0.05) is 5.69 Å². The number of thiocarbonyl (C=S) groups is 1. The first kappa shape index (κ1) is 17.8. The molecule has 0 aliphatic rings. The minimum absolute atomic E-state index is 0.0890. The maximum atomic E-state index is 5.45. The van der Waals surface area contributed by atoms with E-state index in [0.717, 1.165) is 22.7 Å². The highest BCUT2D eigenvalue weighted by Gasteiger charge is 2.07. The predicted molar refractivity (Wildman–Crippen MR) is 103 cm³/mol. The Bertz CT molecular complexity index is 669. The Morgan fingerprint density at radius 1 is 1.12 bits per heavy atom. The van der Waals surface area contributed by atoms with Gasteiger partial charge in [-0.2, -0.15) is 0 Å². The van der Waals surface area contributed by atoms with Gasteiger partial charge in [0.1, 0.15) is 18.1 Å². The summed E-state index contributed by atoms with van der Waals surface area (Å²) in [5, 5.41) is 7.00. The molecule has 2 N–H and O–H groups in total. The topological polar surface area (TPSA) is 42.5 Å². The van der Waals surface area contributed by atoms with E-state index in [9.17, 15) is 0 Å². The van der Waals surface area contributed by atoms with E-state index < -0.39 is 0 Å². The molecule has 4 nitrogen and oxygen atoms in total. The Morgan fingerprint density at radius 2 is 1.75 bits per heavy atom. The Labute approximate surface area is 148 Å². The van der Waals surface area contributed by atoms with Crippen LogP contribution in [0.25, 0.3) is 0 Å². The van der Waals surface area contributed by atoms with E-state index in [1.54, 1.807) is 13.2 Å². The first-order chi connectivity index (χ1) is 11.6. The van der Waals surface area contributed by atoms with Crippen LogP contribution < -0.4 is 20.1 Å². The number of benzene rings is 2. The summed E-state index contributed by atoms with van der Waals surface area (Å²) in [6.45, 7) is 6.17. The molecule has 0 radical (unpaired) electrons. The smallest absolute Gasteiger partial charge is 0.171 e. The highest BCUT2D eigenvalue weighted by Crippen LogP contribution is 2.18. The Kier molecular flexibility index (Phi) is 6.63. The Balaban J connectivity index is 1.88. The zero-order chi connectivity index (χ0) is 17.4. The fourth-order valence-corrected chi connectivity index (χ4v) is 2.42. The standard InChI is InChI=1S/C19H22N2O2S/c1-4-13-23-18-11-7-16(8-12-18)21-19(24)20-14(2)15-5-9-17(22-3)10-6-15/h4-12,14H,1,13H2,2-3H3,(H2,20,21,24)/t14-/m1/s1. The fraction of sp³-hybridized carbons (Fsp3) is 0.211. The molecule has 0 fully saturated rings. The quantitative estimate of drug-likeness (QED) is 0.580. The van der Waals surface area contributed by atoms with Gasteiger partial charge in [-0.15, -0.1) is 0 Å². The first-order valence-electron chi connectivity index (χ1n) is 7.67. The summed E-state index contributed by atoms with van der Waals surface area (Å²) in [5.41, 5.74) is 2.04. The third-order valence-corrected chi connectivity index (χ3v) is 3.66. The second-order valence-electron chi connectivity index (χ2n) is 5.22. The molecule has 0 amide bonds. The first-order valence-corrected chi connectivity index (χ1v) is 8.08. The summed E-state index contributed by atoms with van der Waals surface area (Å²) in [6, 6.07) is 15.6. The van der Waals surface area contributed by atoms with Crippen molar-refractivity contribution >= 4 is 23.0 Å². The van der Waals surface area contributed by atoms with E-state index in [4.69, 9.17) is 21.7 Å². The number of hydrogen-bond donors (Lipinski definition) is 2. The van der Waals surface area contributed by atoms with E-state index >= 15 is 0 Å². The van der Waals surface area contributed by atoms with Gasteiger partial charge >= 0.3 is 0 Å². The van der Waals surface area contributed by atoms with Crippen LogP contribution >= 0.6 is 12.2 Å². The van der Waals surface area contributed by atoms with Gasteiger partial charge in [-0.3, -0.25) is 0 Å². The number of rotatable bonds is 7. The van der Waals surface area contributed by atoms with E-state index in [1.807, 2.05) is 48.5 Å². The molecule has 0 saturated carbocycles. The zero-order valence-corrected chi connectivity index (χ0v) is 14.7. The molecule has 0 saturated heterocycles. The van der Waals surface area contributed by atoms with Crippen molar-refractivity contribution in [3.05, 3.63) is 66.7 Å². The molecule has 2 aromatic rings. The summed E-state index contributed by atoms with van der Waals surface area (Å²) in [6.07, 6.45) is 1.71. The van der Waals surface area contributed by atoms with Crippen LogP contribution in [0, 0.1) is 0 Å². The van der Waals surface area contributed by atoms with Crippen molar-refractivity contribution in [3.63, 3.8) is 0 Å². The van der Waals surface area contributed by atoms with Crippen LogP contribution in [0.3, 0.4) is 0 Å². The molecule has 0 heterocycles. The minimum atomic E-state index is 0.0890. The van der Waals surface area contributed by atoms with E-state index in [1.165, 1.54) is 0 Å². The molecule has 0 bridgehead atoms. The lowest BCUT2D eigenvalue weighted by Gasteiger charge is -2.18. The predicted octanol–water partition coefficient (Wildman–Crippen LogP) is 4.31. The van der Waals surface area contributed by atoms with Gasteiger partial charge in [-0.05, 0) is 61.1 Å². The number of anilines is 1. The van der Waals surface area contributed by atoms with Gasteiger partial charge in [0.05, 0.1) is 13.2 Å². The second kappa shape index (κ2) is 8.93. The Morgan fingerprint density at radius 3 is 2.33 bits per heavy atom. The maximum Gasteiger partial charge on any atom is 0.171 e. The molecule has 24 heavy (non-hydrogen) atoms. The molecular formula is C19H22N2O2S. The fourth-order valence-electron chi connectivity index (χ4n) is 2.13. The van der Waals surface area contributed by atoms with Gasteiger partial charge < -0.3 is 20.1 Å². The van der Waals surface area contributed by atoms with Crippen LogP contribution in [0.4, 0.5) is 5.69 Å². The lowest BCUT2D eigenvalue weighted by molar-refractivity contribution is 0.363. The molecule has 2 rings (SSSR count). The monoisotopic (exact) mass is 342 g/mol.